The van der Waals surface area contributed by atoms with Gasteiger partial charge in [0.05, 0.1) is 48.4 Å². The predicted molar refractivity (Wildman–Crippen MR) is 109 cm³/mol. The van der Waals surface area contributed by atoms with Gasteiger partial charge < -0.3 is 15.2 Å². The summed E-state index contributed by atoms with van der Waals surface area (Å²) in [5.74, 6) is -0.200. The number of sulfonamides is 1. The number of hydrogen-bond donors (Lipinski definition) is 3. The first-order valence-corrected chi connectivity index (χ1v) is 11.2. The second-order valence-corrected chi connectivity index (χ2v) is 8.99. The molecule has 1 amide bonds. The Morgan fingerprint density at radius 3 is 2.67 bits per heavy atom. The lowest BCUT2D eigenvalue weighted by Gasteiger charge is -2.35. The standard InChI is InChI=1S/C20H26N4O5S/c1-14-2-5-17(6-3-14)30(27,28)24-18-7-4-16(29-19(18)12-25)10-20(26)22-11-15-8-9-21-13-23-15/h2-3,5-6,8-9,13,16,18-19,24-25H,4,7,10-12H2,1H3,(H,22,26)/t16-,18-,19-/m1/s1. The van der Waals surface area contributed by atoms with Crippen molar-refractivity contribution >= 4 is 15.9 Å². The maximum absolute atomic E-state index is 12.6. The molecule has 30 heavy (non-hydrogen) atoms. The molecule has 0 spiro atoms. The van der Waals surface area contributed by atoms with Crippen molar-refractivity contribution in [3.05, 3.63) is 54.1 Å². The predicted octanol–water partition coefficient (Wildman–Crippen LogP) is 0.678. The molecule has 0 radical (unpaired) electrons. The third-order valence-electron chi connectivity index (χ3n) is 4.96. The smallest absolute Gasteiger partial charge is 0.240 e. The fourth-order valence-electron chi connectivity index (χ4n) is 3.29. The van der Waals surface area contributed by atoms with Crippen LogP contribution in [0.1, 0.15) is 30.5 Å². The molecular formula is C20H26N4O5S. The Balaban J connectivity index is 1.53. The summed E-state index contributed by atoms with van der Waals surface area (Å²) >= 11 is 0. The highest BCUT2D eigenvalue weighted by Crippen LogP contribution is 2.23. The second kappa shape index (κ2) is 10.1. The molecule has 3 N–H and O–H groups in total. The number of aliphatic hydroxyl groups is 1. The minimum absolute atomic E-state index is 0.124. The van der Waals surface area contributed by atoms with E-state index in [0.717, 1.165) is 5.56 Å². The van der Waals surface area contributed by atoms with Gasteiger partial charge in [-0.2, -0.15) is 0 Å². The van der Waals surface area contributed by atoms with E-state index in [-0.39, 0.29) is 30.4 Å². The molecular weight excluding hydrogens is 408 g/mol. The van der Waals surface area contributed by atoms with Crippen LogP contribution in [0.2, 0.25) is 0 Å². The van der Waals surface area contributed by atoms with E-state index in [1.165, 1.54) is 6.33 Å². The first-order chi connectivity index (χ1) is 14.4. The molecule has 1 aromatic heterocycles. The zero-order chi connectivity index (χ0) is 21.6. The summed E-state index contributed by atoms with van der Waals surface area (Å²) in [6.07, 6.45) is 2.97. The lowest BCUT2D eigenvalue weighted by molar-refractivity contribution is -0.130. The van der Waals surface area contributed by atoms with Crippen LogP contribution in [0, 0.1) is 6.92 Å². The summed E-state index contributed by atoms with van der Waals surface area (Å²) in [7, 11) is -3.73. The van der Waals surface area contributed by atoms with E-state index in [1.54, 1.807) is 36.5 Å². The molecule has 0 unspecified atom stereocenters. The van der Waals surface area contributed by atoms with E-state index in [9.17, 15) is 18.3 Å². The van der Waals surface area contributed by atoms with E-state index in [4.69, 9.17) is 4.74 Å². The number of ether oxygens (including phenoxy) is 1. The molecule has 3 atom stereocenters. The molecule has 1 fully saturated rings. The average Bonchev–Trinajstić information content (AvgIpc) is 2.74. The molecule has 0 aliphatic carbocycles. The molecule has 0 saturated carbocycles. The number of aromatic nitrogens is 2. The Morgan fingerprint density at radius 1 is 1.23 bits per heavy atom. The Labute approximate surface area is 176 Å². The summed E-state index contributed by atoms with van der Waals surface area (Å²) in [6.45, 7) is 1.82. The number of carbonyl (C=O) groups excluding carboxylic acids is 1. The van der Waals surface area contributed by atoms with Crippen LogP contribution in [0.3, 0.4) is 0 Å². The number of aryl methyl sites for hydroxylation is 1. The van der Waals surface area contributed by atoms with Gasteiger partial charge in [-0.1, -0.05) is 17.7 Å². The van der Waals surface area contributed by atoms with Gasteiger partial charge in [0.1, 0.15) is 6.33 Å². The van der Waals surface area contributed by atoms with E-state index < -0.39 is 28.3 Å². The third kappa shape index (κ3) is 6.05. The summed E-state index contributed by atoms with van der Waals surface area (Å²) in [6, 6.07) is 7.68. The van der Waals surface area contributed by atoms with Crippen molar-refractivity contribution < 1.29 is 23.1 Å². The van der Waals surface area contributed by atoms with Crippen molar-refractivity contribution in [1.82, 2.24) is 20.0 Å². The lowest BCUT2D eigenvalue weighted by atomic mass is 9.98. The SMILES string of the molecule is Cc1ccc(S(=O)(=O)N[C@@H]2CC[C@H](CC(=O)NCc3ccncn3)O[C@@H]2CO)cc1. The summed E-state index contributed by atoms with van der Waals surface area (Å²) in [4.78, 5) is 20.2. The average molecular weight is 435 g/mol. The summed E-state index contributed by atoms with van der Waals surface area (Å²) in [5, 5.41) is 12.5. The Kier molecular flexibility index (Phi) is 7.48. The number of amides is 1. The van der Waals surface area contributed by atoms with Crippen molar-refractivity contribution in [3.8, 4) is 0 Å². The number of hydrogen-bond acceptors (Lipinski definition) is 7. The van der Waals surface area contributed by atoms with Crippen LogP contribution in [0.25, 0.3) is 0 Å². The van der Waals surface area contributed by atoms with Crippen LogP contribution in [0.15, 0.2) is 47.8 Å². The van der Waals surface area contributed by atoms with Gasteiger partial charge in [-0.25, -0.2) is 23.1 Å². The van der Waals surface area contributed by atoms with Crippen LogP contribution < -0.4 is 10.0 Å². The third-order valence-corrected chi connectivity index (χ3v) is 6.46. The molecule has 1 aliphatic rings. The molecule has 9 nitrogen and oxygen atoms in total. The summed E-state index contributed by atoms with van der Waals surface area (Å²) < 4.78 is 33.7. The Morgan fingerprint density at radius 2 is 2.00 bits per heavy atom. The molecule has 2 aromatic rings. The van der Waals surface area contributed by atoms with Gasteiger partial charge in [0, 0.05) is 6.20 Å². The number of aliphatic hydroxyl groups excluding tert-OH is 1. The quantitative estimate of drug-likeness (QED) is 0.557. The maximum atomic E-state index is 12.6. The lowest BCUT2D eigenvalue weighted by Crippen LogP contribution is -2.51. The first kappa shape index (κ1) is 22.3. The number of carbonyl (C=O) groups is 1. The van der Waals surface area contributed by atoms with Gasteiger partial charge in [-0.05, 0) is 38.0 Å². The molecule has 1 aliphatic heterocycles. The van der Waals surface area contributed by atoms with Crippen molar-refractivity contribution in [2.45, 2.75) is 55.9 Å². The van der Waals surface area contributed by atoms with Crippen LogP contribution in [-0.2, 0) is 26.1 Å². The molecule has 1 saturated heterocycles. The largest absolute Gasteiger partial charge is 0.394 e. The molecule has 3 rings (SSSR count). The van der Waals surface area contributed by atoms with E-state index in [0.29, 0.717) is 18.5 Å². The zero-order valence-electron chi connectivity index (χ0n) is 16.7. The maximum Gasteiger partial charge on any atom is 0.240 e. The van der Waals surface area contributed by atoms with Crippen molar-refractivity contribution in [2.75, 3.05) is 6.61 Å². The fourth-order valence-corrected chi connectivity index (χ4v) is 4.59. The van der Waals surface area contributed by atoms with Gasteiger partial charge in [0.2, 0.25) is 15.9 Å². The fraction of sp³-hybridized carbons (Fsp3) is 0.450. The monoisotopic (exact) mass is 434 g/mol. The normalized spacial score (nSPS) is 21.9. The van der Waals surface area contributed by atoms with Crippen LogP contribution >= 0.6 is 0 Å². The highest BCUT2D eigenvalue weighted by Gasteiger charge is 2.34. The van der Waals surface area contributed by atoms with Gasteiger partial charge >= 0.3 is 0 Å². The van der Waals surface area contributed by atoms with Crippen LogP contribution in [0.5, 0.6) is 0 Å². The van der Waals surface area contributed by atoms with Gasteiger partial charge in [-0.3, -0.25) is 4.79 Å². The van der Waals surface area contributed by atoms with E-state index in [2.05, 4.69) is 20.0 Å². The Bertz CT molecular complexity index is 937. The van der Waals surface area contributed by atoms with Crippen molar-refractivity contribution in [1.29, 1.82) is 0 Å². The molecule has 2 heterocycles. The van der Waals surface area contributed by atoms with E-state index >= 15 is 0 Å². The zero-order valence-corrected chi connectivity index (χ0v) is 17.5. The topological polar surface area (TPSA) is 131 Å². The van der Waals surface area contributed by atoms with Crippen molar-refractivity contribution in [3.63, 3.8) is 0 Å². The molecule has 0 bridgehead atoms. The molecule has 162 valence electrons. The first-order valence-electron chi connectivity index (χ1n) is 9.74. The van der Waals surface area contributed by atoms with Gasteiger partial charge in [-0.15, -0.1) is 0 Å². The van der Waals surface area contributed by atoms with Crippen LogP contribution in [0.4, 0.5) is 0 Å². The van der Waals surface area contributed by atoms with Crippen molar-refractivity contribution in [2.24, 2.45) is 0 Å². The van der Waals surface area contributed by atoms with Gasteiger partial charge in [0.15, 0.2) is 0 Å². The number of rotatable bonds is 8. The van der Waals surface area contributed by atoms with E-state index in [1.807, 2.05) is 6.92 Å². The minimum Gasteiger partial charge on any atom is -0.394 e. The highest BCUT2D eigenvalue weighted by atomic mass is 32.2. The summed E-state index contributed by atoms with van der Waals surface area (Å²) in [5.41, 5.74) is 1.66. The minimum atomic E-state index is -3.73. The molecule has 1 aromatic carbocycles. The Hall–Kier alpha value is -2.40. The number of nitrogens with zero attached hydrogens (tertiary/aromatic N) is 2. The molecule has 10 heteroatoms. The second-order valence-electron chi connectivity index (χ2n) is 7.28. The van der Waals surface area contributed by atoms with Crippen LogP contribution in [-0.4, -0.2) is 54.3 Å². The van der Waals surface area contributed by atoms with Gasteiger partial charge in [0.25, 0.3) is 0 Å². The number of nitrogens with one attached hydrogen (secondary N) is 2. The highest BCUT2D eigenvalue weighted by molar-refractivity contribution is 7.89. The number of benzene rings is 1.